The lowest BCUT2D eigenvalue weighted by atomic mass is 9.71. The van der Waals surface area contributed by atoms with E-state index < -0.39 is 0 Å². The van der Waals surface area contributed by atoms with Crippen molar-refractivity contribution in [1.82, 2.24) is 0 Å². The average Bonchev–Trinajstić information content (AvgIpc) is 2.76. The predicted molar refractivity (Wildman–Crippen MR) is 91.1 cm³/mol. The molecular weight excluding hydrogens is 256 g/mol. The Balaban J connectivity index is 2.29. The van der Waals surface area contributed by atoms with Gasteiger partial charge in [-0.3, -0.25) is 0 Å². The molecule has 1 heteroatoms. The van der Waals surface area contributed by atoms with Gasteiger partial charge in [-0.25, -0.2) is 0 Å². The first-order chi connectivity index (χ1) is 9.96. The number of aliphatic hydroxyl groups is 1. The smallest absolute Gasteiger partial charge is 0.0641 e. The topological polar surface area (TPSA) is 20.2 Å². The summed E-state index contributed by atoms with van der Waals surface area (Å²) in [6.07, 6.45) is 13.7. The van der Waals surface area contributed by atoms with E-state index in [0.717, 1.165) is 38.5 Å². The van der Waals surface area contributed by atoms with E-state index in [1.807, 2.05) is 0 Å². The monoisotopic (exact) mass is 286 g/mol. The van der Waals surface area contributed by atoms with Crippen LogP contribution in [0.15, 0.2) is 47.1 Å². The number of hydrogen-bond donors (Lipinski definition) is 1. The lowest BCUT2D eigenvalue weighted by Gasteiger charge is -2.33. The SMILES string of the molecule is C=C(C)C1=CC[C@@]2(C)C/C=C(\C)CC/C=C(\CO)CC[C@H]12. The van der Waals surface area contributed by atoms with Crippen LogP contribution in [0.2, 0.25) is 0 Å². The van der Waals surface area contributed by atoms with Gasteiger partial charge in [0.2, 0.25) is 0 Å². The van der Waals surface area contributed by atoms with E-state index in [9.17, 15) is 5.11 Å². The molecule has 0 saturated carbocycles. The minimum atomic E-state index is 0.207. The van der Waals surface area contributed by atoms with Crippen LogP contribution < -0.4 is 0 Å². The zero-order chi connectivity index (χ0) is 15.5. The van der Waals surface area contributed by atoms with Gasteiger partial charge in [0.05, 0.1) is 6.61 Å². The molecule has 0 bridgehead atoms. The first-order valence-corrected chi connectivity index (χ1v) is 8.26. The first kappa shape index (κ1) is 16.3. The Bertz CT molecular complexity index is 492. The third-order valence-electron chi connectivity index (χ3n) is 5.34. The summed E-state index contributed by atoms with van der Waals surface area (Å²) < 4.78 is 0. The molecule has 116 valence electrons. The second-order valence-corrected chi connectivity index (χ2v) is 7.20. The third kappa shape index (κ3) is 3.77. The van der Waals surface area contributed by atoms with Crippen molar-refractivity contribution in [2.45, 2.75) is 59.3 Å². The average molecular weight is 286 g/mol. The fourth-order valence-electron chi connectivity index (χ4n) is 3.79. The van der Waals surface area contributed by atoms with Crippen molar-refractivity contribution in [3.8, 4) is 0 Å². The van der Waals surface area contributed by atoms with Gasteiger partial charge in [-0.2, -0.15) is 0 Å². The molecule has 1 nitrogen and oxygen atoms in total. The fourth-order valence-corrected chi connectivity index (χ4v) is 3.79. The molecule has 0 fully saturated rings. The molecule has 2 aliphatic rings. The molecule has 0 radical (unpaired) electrons. The second-order valence-electron chi connectivity index (χ2n) is 7.20. The highest BCUT2D eigenvalue weighted by Gasteiger charge is 2.39. The molecule has 0 aromatic carbocycles. The number of aliphatic hydroxyl groups excluding tert-OH is 1. The highest BCUT2D eigenvalue weighted by atomic mass is 16.3. The maximum Gasteiger partial charge on any atom is 0.0641 e. The summed E-state index contributed by atoms with van der Waals surface area (Å²) in [5, 5.41) is 9.57. The van der Waals surface area contributed by atoms with Crippen LogP contribution in [0.3, 0.4) is 0 Å². The van der Waals surface area contributed by atoms with Crippen molar-refractivity contribution in [3.63, 3.8) is 0 Å². The molecular formula is C20H30O. The summed E-state index contributed by atoms with van der Waals surface area (Å²) in [6, 6.07) is 0. The maximum absolute atomic E-state index is 9.57. The number of hydrogen-bond acceptors (Lipinski definition) is 1. The predicted octanol–water partition coefficient (Wildman–Crippen LogP) is 5.34. The summed E-state index contributed by atoms with van der Waals surface area (Å²) in [6.45, 7) is 11.2. The highest BCUT2D eigenvalue weighted by Crippen LogP contribution is 2.50. The van der Waals surface area contributed by atoms with Gasteiger partial charge in [-0.1, -0.05) is 42.9 Å². The van der Waals surface area contributed by atoms with Gasteiger partial charge in [0.1, 0.15) is 0 Å². The van der Waals surface area contributed by atoms with E-state index in [-0.39, 0.29) is 6.61 Å². The van der Waals surface area contributed by atoms with E-state index >= 15 is 0 Å². The molecule has 0 saturated heterocycles. The largest absolute Gasteiger partial charge is 0.392 e. The zero-order valence-corrected chi connectivity index (χ0v) is 13.9. The molecule has 1 N–H and O–H groups in total. The third-order valence-corrected chi connectivity index (χ3v) is 5.34. The van der Waals surface area contributed by atoms with Gasteiger partial charge in [0.15, 0.2) is 0 Å². The molecule has 0 amide bonds. The molecule has 2 aliphatic carbocycles. The molecule has 0 aromatic heterocycles. The van der Waals surface area contributed by atoms with Crippen molar-refractivity contribution in [3.05, 3.63) is 47.1 Å². The van der Waals surface area contributed by atoms with E-state index in [1.54, 1.807) is 0 Å². The summed E-state index contributed by atoms with van der Waals surface area (Å²) in [7, 11) is 0. The van der Waals surface area contributed by atoms with Crippen molar-refractivity contribution >= 4 is 0 Å². The van der Waals surface area contributed by atoms with Crippen molar-refractivity contribution in [2.24, 2.45) is 11.3 Å². The first-order valence-electron chi connectivity index (χ1n) is 8.26. The standard InChI is InChI=1S/C20H30O/c1-15(2)18-11-13-20(4)12-10-16(3)6-5-7-17(14-21)8-9-19(18)20/h7,10-11,19,21H,1,5-6,8-9,12-14H2,2-4H3/b16-10+,17-7-/t19-,20-/m1/s1. The number of rotatable bonds is 2. The lowest BCUT2D eigenvalue weighted by molar-refractivity contribution is 0.231. The number of allylic oxidation sites excluding steroid dienone is 6. The Morgan fingerprint density at radius 1 is 1.29 bits per heavy atom. The Morgan fingerprint density at radius 2 is 2.00 bits per heavy atom. The van der Waals surface area contributed by atoms with Crippen LogP contribution in [0, 0.1) is 11.3 Å². The highest BCUT2D eigenvalue weighted by molar-refractivity contribution is 5.35. The minimum absolute atomic E-state index is 0.207. The maximum atomic E-state index is 9.57. The normalized spacial score (nSPS) is 35.6. The van der Waals surface area contributed by atoms with Gasteiger partial charge in [0, 0.05) is 0 Å². The van der Waals surface area contributed by atoms with Gasteiger partial charge >= 0.3 is 0 Å². The van der Waals surface area contributed by atoms with Crippen LogP contribution in [0.5, 0.6) is 0 Å². The van der Waals surface area contributed by atoms with E-state index in [1.165, 1.54) is 22.3 Å². The van der Waals surface area contributed by atoms with Crippen LogP contribution in [-0.2, 0) is 0 Å². The molecule has 2 atom stereocenters. The Hall–Kier alpha value is -1.08. The molecule has 21 heavy (non-hydrogen) atoms. The second kappa shape index (κ2) is 6.79. The minimum Gasteiger partial charge on any atom is -0.392 e. The summed E-state index contributed by atoms with van der Waals surface area (Å²) in [5.41, 5.74) is 5.68. The molecule has 0 aliphatic heterocycles. The van der Waals surface area contributed by atoms with Crippen LogP contribution in [0.1, 0.15) is 59.3 Å². The molecule has 0 aromatic rings. The van der Waals surface area contributed by atoms with Crippen LogP contribution >= 0.6 is 0 Å². The van der Waals surface area contributed by atoms with Gasteiger partial charge in [-0.05, 0) is 74.9 Å². The summed E-state index contributed by atoms with van der Waals surface area (Å²) >= 11 is 0. The lowest BCUT2D eigenvalue weighted by Crippen LogP contribution is -2.24. The Labute approximate surface area is 130 Å². The number of fused-ring (bicyclic) bond motifs is 1. The Morgan fingerprint density at radius 3 is 2.67 bits per heavy atom. The zero-order valence-electron chi connectivity index (χ0n) is 13.9. The van der Waals surface area contributed by atoms with Crippen LogP contribution in [0.25, 0.3) is 0 Å². The van der Waals surface area contributed by atoms with Crippen molar-refractivity contribution in [2.75, 3.05) is 6.61 Å². The van der Waals surface area contributed by atoms with Gasteiger partial charge in [0.25, 0.3) is 0 Å². The molecule has 2 rings (SSSR count). The van der Waals surface area contributed by atoms with Crippen LogP contribution in [-0.4, -0.2) is 11.7 Å². The molecule has 0 spiro atoms. The van der Waals surface area contributed by atoms with Gasteiger partial charge < -0.3 is 5.11 Å². The van der Waals surface area contributed by atoms with Crippen LogP contribution in [0.4, 0.5) is 0 Å². The summed E-state index contributed by atoms with van der Waals surface area (Å²) in [5.74, 6) is 0.576. The molecule has 0 unspecified atom stereocenters. The quantitative estimate of drug-likeness (QED) is 0.679. The Kier molecular flexibility index (Phi) is 5.27. The van der Waals surface area contributed by atoms with Gasteiger partial charge in [-0.15, -0.1) is 0 Å². The fraction of sp³-hybridized carbons (Fsp3) is 0.600. The van der Waals surface area contributed by atoms with Crippen molar-refractivity contribution in [1.29, 1.82) is 0 Å². The summed E-state index contributed by atoms with van der Waals surface area (Å²) in [4.78, 5) is 0. The van der Waals surface area contributed by atoms with Crippen molar-refractivity contribution < 1.29 is 5.11 Å². The van der Waals surface area contributed by atoms with E-state index in [4.69, 9.17) is 0 Å². The molecule has 0 heterocycles. The van der Waals surface area contributed by atoms with E-state index in [0.29, 0.717) is 11.3 Å². The van der Waals surface area contributed by atoms with E-state index in [2.05, 4.69) is 45.6 Å².